The maximum atomic E-state index is 9.76. The number of aliphatic hydroxyl groups excluding tert-OH is 2. The van der Waals surface area contributed by atoms with Crippen LogP contribution < -0.4 is 9.47 Å². The van der Waals surface area contributed by atoms with E-state index >= 15 is 0 Å². The van der Waals surface area contributed by atoms with Crippen LogP contribution in [0.4, 0.5) is 0 Å². The Morgan fingerprint density at radius 1 is 0.512 bits per heavy atom. The molecule has 4 nitrogen and oxygen atoms in total. The summed E-state index contributed by atoms with van der Waals surface area (Å²) < 4.78 is 12.8. The molecule has 0 amide bonds. The smallest absolute Gasteiger partial charge is 0.126 e. The van der Waals surface area contributed by atoms with E-state index in [4.69, 9.17) is 9.47 Å². The van der Waals surface area contributed by atoms with Crippen molar-refractivity contribution >= 4 is 0 Å². The number of benzene rings is 2. The van der Waals surface area contributed by atoms with Crippen molar-refractivity contribution in [3.63, 3.8) is 0 Å². The van der Waals surface area contributed by atoms with Gasteiger partial charge in [-0.15, -0.1) is 0 Å². The van der Waals surface area contributed by atoms with Crippen molar-refractivity contribution in [1.29, 1.82) is 0 Å². The Kier molecular flexibility index (Phi) is 12.0. The maximum absolute atomic E-state index is 9.76. The lowest BCUT2D eigenvalue weighted by atomic mass is 9.73. The second-order valence-electron chi connectivity index (χ2n) is 14.3. The van der Waals surface area contributed by atoms with Gasteiger partial charge in [-0.25, -0.2) is 0 Å². The molecule has 0 saturated heterocycles. The Morgan fingerprint density at radius 3 is 1.10 bits per heavy atom. The molecule has 0 unspecified atom stereocenters. The molecule has 2 rings (SSSR count). The van der Waals surface area contributed by atoms with E-state index in [1.165, 1.54) is 22.3 Å². The van der Waals surface area contributed by atoms with Crippen LogP contribution >= 0.6 is 0 Å². The molecule has 0 fully saturated rings. The largest absolute Gasteiger partial charge is 0.491 e. The Hall–Kier alpha value is -2.04. The molecule has 2 aromatic carbocycles. The standard InChI is InChI=1S/C37H60O4/c1-13-34(5,6)28-22-26(32(40-19-17-38)30(24-28)36(9,10)15-3)21-27-23-29(35(7,8)14-2)25-31(37(11,12)16-4)33(27)41-20-18-39/h22-25,38-39H,13-21H2,1-12H3. The van der Waals surface area contributed by atoms with Gasteiger partial charge in [0.25, 0.3) is 0 Å². The van der Waals surface area contributed by atoms with Crippen LogP contribution in [0.5, 0.6) is 11.5 Å². The average Bonchev–Trinajstić information content (AvgIpc) is 2.94. The van der Waals surface area contributed by atoms with Gasteiger partial charge in [-0.1, -0.05) is 107 Å². The number of ether oxygens (including phenoxy) is 2. The van der Waals surface area contributed by atoms with Crippen molar-refractivity contribution < 1.29 is 19.7 Å². The van der Waals surface area contributed by atoms with Crippen molar-refractivity contribution in [2.75, 3.05) is 26.4 Å². The zero-order chi connectivity index (χ0) is 31.2. The van der Waals surface area contributed by atoms with Gasteiger partial charge in [0.15, 0.2) is 0 Å². The molecule has 0 atom stereocenters. The third-order valence-corrected chi connectivity index (χ3v) is 9.94. The first-order valence-corrected chi connectivity index (χ1v) is 15.9. The number of hydrogen-bond acceptors (Lipinski definition) is 4. The van der Waals surface area contributed by atoms with Crippen LogP contribution in [0, 0.1) is 0 Å². The Labute approximate surface area is 251 Å². The maximum Gasteiger partial charge on any atom is 0.126 e. The molecule has 2 aromatic rings. The van der Waals surface area contributed by atoms with E-state index in [9.17, 15) is 10.2 Å². The summed E-state index contributed by atoms with van der Waals surface area (Å²) in [5.74, 6) is 1.76. The fourth-order valence-corrected chi connectivity index (χ4v) is 5.06. The van der Waals surface area contributed by atoms with Gasteiger partial charge in [-0.3, -0.25) is 0 Å². The highest BCUT2D eigenvalue weighted by Crippen LogP contribution is 2.45. The average molecular weight is 569 g/mol. The summed E-state index contributed by atoms with van der Waals surface area (Å²) in [6.45, 7) is 27.7. The molecular formula is C37H60O4. The Bertz CT molecular complexity index is 1050. The fourth-order valence-electron chi connectivity index (χ4n) is 5.06. The van der Waals surface area contributed by atoms with Crippen LogP contribution in [-0.4, -0.2) is 36.6 Å². The molecule has 41 heavy (non-hydrogen) atoms. The van der Waals surface area contributed by atoms with Gasteiger partial charge in [-0.2, -0.15) is 0 Å². The molecule has 0 aromatic heterocycles. The van der Waals surface area contributed by atoms with Gasteiger partial charge in [-0.05, 0) is 69.6 Å². The van der Waals surface area contributed by atoms with Gasteiger partial charge >= 0.3 is 0 Å². The van der Waals surface area contributed by atoms with Gasteiger partial charge in [0.05, 0.1) is 13.2 Å². The third kappa shape index (κ3) is 8.08. The van der Waals surface area contributed by atoms with Gasteiger partial charge < -0.3 is 19.7 Å². The van der Waals surface area contributed by atoms with E-state index in [0.717, 1.165) is 48.3 Å². The first kappa shape index (κ1) is 35.2. The normalized spacial score (nSPS) is 13.0. The van der Waals surface area contributed by atoms with E-state index in [-0.39, 0.29) is 48.1 Å². The lowest BCUT2D eigenvalue weighted by molar-refractivity contribution is 0.196. The van der Waals surface area contributed by atoms with E-state index in [2.05, 4.69) is 107 Å². The Morgan fingerprint density at radius 2 is 0.829 bits per heavy atom. The van der Waals surface area contributed by atoms with Crippen molar-refractivity contribution in [3.8, 4) is 11.5 Å². The van der Waals surface area contributed by atoms with Gasteiger partial charge in [0, 0.05) is 17.5 Å². The minimum absolute atomic E-state index is 0.000457. The quantitative estimate of drug-likeness (QED) is 0.212. The predicted octanol–water partition coefficient (Wildman–Crippen LogP) is 8.77. The topological polar surface area (TPSA) is 58.9 Å². The molecule has 0 radical (unpaired) electrons. The zero-order valence-corrected chi connectivity index (χ0v) is 28.4. The summed E-state index contributed by atoms with van der Waals surface area (Å²) in [6, 6.07) is 9.33. The Balaban J connectivity index is 3.03. The molecule has 232 valence electrons. The minimum Gasteiger partial charge on any atom is -0.491 e. The first-order chi connectivity index (χ1) is 19.0. The monoisotopic (exact) mass is 568 g/mol. The zero-order valence-electron chi connectivity index (χ0n) is 28.4. The summed E-state index contributed by atoms with van der Waals surface area (Å²) in [6.07, 6.45) is 4.63. The van der Waals surface area contributed by atoms with Gasteiger partial charge in [0.2, 0.25) is 0 Å². The van der Waals surface area contributed by atoms with Crippen LogP contribution in [0.15, 0.2) is 24.3 Å². The fraction of sp³-hybridized carbons (Fsp3) is 0.676. The molecule has 0 spiro atoms. The summed E-state index contributed by atoms with van der Waals surface area (Å²) in [5.41, 5.74) is 7.04. The van der Waals surface area contributed by atoms with Crippen molar-refractivity contribution in [3.05, 3.63) is 57.6 Å². The van der Waals surface area contributed by atoms with E-state index in [0.29, 0.717) is 6.42 Å². The molecule has 0 aliphatic carbocycles. The summed E-state index contributed by atoms with van der Waals surface area (Å²) in [5, 5.41) is 19.5. The predicted molar refractivity (Wildman–Crippen MR) is 174 cm³/mol. The van der Waals surface area contributed by atoms with Crippen molar-refractivity contribution in [2.24, 2.45) is 0 Å². The van der Waals surface area contributed by atoms with Crippen LogP contribution in [0.1, 0.15) is 142 Å². The number of rotatable bonds is 16. The minimum atomic E-state index is -0.100. The summed E-state index contributed by atoms with van der Waals surface area (Å²) >= 11 is 0. The molecule has 0 heterocycles. The lowest BCUT2D eigenvalue weighted by Crippen LogP contribution is -2.24. The SMILES string of the molecule is CCC(C)(C)c1cc(Cc2cc(C(C)(C)CC)cc(C(C)(C)CC)c2OCCO)c(OCCO)c(C(C)(C)CC)c1. The number of hydrogen-bond donors (Lipinski definition) is 2. The number of aliphatic hydroxyl groups is 2. The summed E-state index contributed by atoms with van der Waals surface area (Å²) in [4.78, 5) is 0. The van der Waals surface area contributed by atoms with Gasteiger partial charge in [0.1, 0.15) is 24.7 Å². The van der Waals surface area contributed by atoms with Crippen LogP contribution in [0.3, 0.4) is 0 Å². The molecule has 4 heteroatoms. The lowest BCUT2D eigenvalue weighted by Gasteiger charge is -2.34. The second kappa shape index (κ2) is 14.0. The first-order valence-electron chi connectivity index (χ1n) is 15.9. The highest BCUT2D eigenvalue weighted by atomic mass is 16.5. The van der Waals surface area contributed by atoms with E-state index in [1.54, 1.807) is 0 Å². The molecule has 0 saturated carbocycles. The second-order valence-corrected chi connectivity index (χ2v) is 14.3. The molecule has 2 N–H and O–H groups in total. The highest BCUT2D eigenvalue weighted by molar-refractivity contribution is 5.56. The van der Waals surface area contributed by atoms with Crippen molar-refractivity contribution in [1.82, 2.24) is 0 Å². The van der Waals surface area contributed by atoms with E-state index in [1.807, 2.05) is 0 Å². The highest BCUT2D eigenvalue weighted by Gasteiger charge is 2.32. The molecule has 0 aliphatic rings. The van der Waals surface area contributed by atoms with Crippen LogP contribution in [0.2, 0.25) is 0 Å². The van der Waals surface area contributed by atoms with Crippen LogP contribution in [-0.2, 0) is 28.1 Å². The van der Waals surface area contributed by atoms with E-state index < -0.39 is 0 Å². The summed E-state index contributed by atoms with van der Waals surface area (Å²) in [7, 11) is 0. The van der Waals surface area contributed by atoms with Crippen molar-refractivity contribution in [2.45, 2.75) is 137 Å². The third-order valence-electron chi connectivity index (χ3n) is 9.94. The molecule has 0 aliphatic heterocycles. The van der Waals surface area contributed by atoms with Crippen LogP contribution in [0.25, 0.3) is 0 Å². The molecule has 0 bridgehead atoms. The molecular weight excluding hydrogens is 508 g/mol.